The van der Waals surface area contributed by atoms with Crippen molar-refractivity contribution in [1.82, 2.24) is 4.90 Å². The summed E-state index contributed by atoms with van der Waals surface area (Å²) < 4.78 is 0.858. The Balaban J connectivity index is 1.70. The second-order valence-electron chi connectivity index (χ2n) is 5.58. The number of anilines is 1. The van der Waals surface area contributed by atoms with Gasteiger partial charge in [0.25, 0.3) is 0 Å². The van der Waals surface area contributed by atoms with Crippen LogP contribution in [-0.2, 0) is 9.59 Å². The average Bonchev–Trinajstić information content (AvgIpc) is 3.18. The minimum absolute atomic E-state index is 0.134. The molecule has 2 amide bonds. The number of halogens is 2. The average molecular weight is 372 g/mol. The van der Waals surface area contributed by atoms with Crippen LogP contribution in [0.25, 0.3) is 0 Å². The Bertz CT molecular complexity index is 589. The van der Waals surface area contributed by atoms with E-state index in [1.165, 1.54) is 0 Å². The Labute approximate surface area is 137 Å². The van der Waals surface area contributed by atoms with E-state index in [-0.39, 0.29) is 23.8 Å². The Morgan fingerprint density at radius 3 is 2.71 bits per heavy atom. The standard InChI is InChI=1S/C15H16BrClN2O2/c16-10-5-6-12(11(17)8-10)18-14(20)13-2-1-7-19(13)15(21)9-3-4-9/h5-6,8-9,13H,1-4,7H2,(H,18,20). The van der Waals surface area contributed by atoms with Gasteiger partial charge in [-0.3, -0.25) is 9.59 Å². The van der Waals surface area contributed by atoms with Crippen LogP contribution in [0.2, 0.25) is 5.02 Å². The Hall–Kier alpha value is -1.07. The van der Waals surface area contributed by atoms with Crippen molar-refractivity contribution in [3.8, 4) is 0 Å². The highest BCUT2D eigenvalue weighted by atomic mass is 79.9. The summed E-state index contributed by atoms with van der Waals surface area (Å²) in [7, 11) is 0. The first-order chi connectivity index (χ1) is 10.1. The number of amides is 2. The molecule has 1 aromatic carbocycles. The molecule has 1 aromatic rings. The molecule has 1 aliphatic heterocycles. The summed E-state index contributed by atoms with van der Waals surface area (Å²) in [6.07, 6.45) is 3.52. The zero-order chi connectivity index (χ0) is 15.0. The molecule has 0 spiro atoms. The molecule has 1 N–H and O–H groups in total. The number of benzene rings is 1. The van der Waals surface area contributed by atoms with Crippen LogP contribution in [-0.4, -0.2) is 29.3 Å². The van der Waals surface area contributed by atoms with Crippen LogP contribution in [0.3, 0.4) is 0 Å². The number of carbonyl (C=O) groups excluding carboxylic acids is 2. The lowest BCUT2D eigenvalue weighted by molar-refractivity contribution is -0.137. The maximum atomic E-state index is 12.4. The number of likely N-dealkylation sites (tertiary alicyclic amines) is 1. The molecule has 1 unspecified atom stereocenters. The molecule has 112 valence electrons. The van der Waals surface area contributed by atoms with Gasteiger partial charge in [0, 0.05) is 16.9 Å². The Morgan fingerprint density at radius 1 is 1.29 bits per heavy atom. The molecule has 1 saturated heterocycles. The molecule has 1 aliphatic carbocycles. The summed E-state index contributed by atoms with van der Waals surface area (Å²) in [6, 6.07) is 4.95. The van der Waals surface area contributed by atoms with E-state index in [0.29, 0.717) is 17.3 Å². The van der Waals surface area contributed by atoms with Crippen LogP contribution in [0.4, 0.5) is 5.69 Å². The van der Waals surface area contributed by atoms with Gasteiger partial charge in [-0.15, -0.1) is 0 Å². The summed E-state index contributed by atoms with van der Waals surface area (Å²) in [5.74, 6) is 0.134. The van der Waals surface area contributed by atoms with E-state index in [0.717, 1.165) is 30.2 Å². The predicted octanol–water partition coefficient (Wildman–Crippen LogP) is 3.44. The second kappa shape index (κ2) is 5.97. The summed E-state index contributed by atoms with van der Waals surface area (Å²) in [4.78, 5) is 26.4. The summed E-state index contributed by atoms with van der Waals surface area (Å²) in [5, 5.41) is 3.32. The molecule has 0 bridgehead atoms. The minimum Gasteiger partial charge on any atom is -0.330 e. The molecule has 2 fully saturated rings. The van der Waals surface area contributed by atoms with E-state index < -0.39 is 0 Å². The smallest absolute Gasteiger partial charge is 0.247 e. The topological polar surface area (TPSA) is 49.4 Å². The number of carbonyl (C=O) groups is 2. The third kappa shape index (κ3) is 3.24. The third-order valence-corrected chi connectivity index (χ3v) is 4.76. The monoisotopic (exact) mass is 370 g/mol. The first-order valence-electron chi connectivity index (χ1n) is 7.12. The van der Waals surface area contributed by atoms with Gasteiger partial charge in [0.2, 0.25) is 11.8 Å². The van der Waals surface area contributed by atoms with Crippen LogP contribution in [0.15, 0.2) is 22.7 Å². The lowest BCUT2D eigenvalue weighted by atomic mass is 10.2. The largest absolute Gasteiger partial charge is 0.330 e. The predicted molar refractivity (Wildman–Crippen MR) is 85.2 cm³/mol. The van der Waals surface area contributed by atoms with Gasteiger partial charge in [-0.05, 0) is 43.9 Å². The zero-order valence-corrected chi connectivity index (χ0v) is 13.8. The number of nitrogens with zero attached hydrogens (tertiary/aromatic N) is 1. The van der Waals surface area contributed by atoms with Crippen molar-refractivity contribution >= 4 is 45.0 Å². The molecule has 2 aliphatic rings. The molecule has 21 heavy (non-hydrogen) atoms. The van der Waals surface area contributed by atoms with Crippen molar-refractivity contribution in [3.05, 3.63) is 27.7 Å². The molecule has 1 heterocycles. The van der Waals surface area contributed by atoms with Gasteiger partial charge in [0.05, 0.1) is 10.7 Å². The van der Waals surface area contributed by atoms with E-state index >= 15 is 0 Å². The van der Waals surface area contributed by atoms with Gasteiger partial charge < -0.3 is 10.2 Å². The van der Waals surface area contributed by atoms with Crippen molar-refractivity contribution in [2.45, 2.75) is 31.7 Å². The highest BCUT2D eigenvalue weighted by Crippen LogP contribution is 2.34. The van der Waals surface area contributed by atoms with Crippen LogP contribution in [0.1, 0.15) is 25.7 Å². The van der Waals surface area contributed by atoms with Crippen molar-refractivity contribution in [1.29, 1.82) is 0 Å². The van der Waals surface area contributed by atoms with E-state index in [1.54, 1.807) is 17.0 Å². The van der Waals surface area contributed by atoms with Crippen LogP contribution < -0.4 is 5.32 Å². The fourth-order valence-corrected chi connectivity index (χ4v) is 3.40. The van der Waals surface area contributed by atoms with E-state index in [1.807, 2.05) is 6.07 Å². The quantitative estimate of drug-likeness (QED) is 0.885. The lowest BCUT2D eigenvalue weighted by Crippen LogP contribution is -2.43. The Kier molecular flexibility index (Phi) is 4.22. The summed E-state index contributed by atoms with van der Waals surface area (Å²) in [5.41, 5.74) is 0.579. The molecule has 3 rings (SSSR count). The van der Waals surface area contributed by atoms with Gasteiger partial charge in [0.1, 0.15) is 6.04 Å². The molecular formula is C15H16BrClN2O2. The first kappa shape index (κ1) is 14.9. The number of nitrogens with one attached hydrogen (secondary N) is 1. The maximum absolute atomic E-state index is 12.4. The van der Waals surface area contributed by atoms with Gasteiger partial charge in [-0.1, -0.05) is 27.5 Å². The van der Waals surface area contributed by atoms with Crippen LogP contribution in [0, 0.1) is 5.92 Å². The third-order valence-electron chi connectivity index (χ3n) is 3.95. The lowest BCUT2D eigenvalue weighted by Gasteiger charge is -2.24. The van der Waals surface area contributed by atoms with Gasteiger partial charge >= 0.3 is 0 Å². The molecule has 0 radical (unpaired) electrons. The molecule has 1 saturated carbocycles. The van der Waals surface area contributed by atoms with Crippen molar-refractivity contribution in [3.63, 3.8) is 0 Å². The highest BCUT2D eigenvalue weighted by Gasteiger charge is 2.40. The minimum atomic E-state index is -0.363. The van der Waals surface area contributed by atoms with Gasteiger partial charge in [-0.25, -0.2) is 0 Å². The summed E-state index contributed by atoms with van der Waals surface area (Å²) in [6.45, 7) is 0.682. The first-order valence-corrected chi connectivity index (χ1v) is 8.30. The fourth-order valence-electron chi connectivity index (χ4n) is 2.67. The van der Waals surface area contributed by atoms with E-state index in [9.17, 15) is 9.59 Å². The van der Waals surface area contributed by atoms with Gasteiger partial charge in [-0.2, -0.15) is 0 Å². The van der Waals surface area contributed by atoms with E-state index in [2.05, 4.69) is 21.2 Å². The molecular weight excluding hydrogens is 356 g/mol. The van der Waals surface area contributed by atoms with Gasteiger partial charge in [0.15, 0.2) is 0 Å². The Morgan fingerprint density at radius 2 is 2.05 bits per heavy atom. The van der Waals surface area contributed by atoms with Crippen molar-refractivity contribution < 1.29 is 9.59 Å². The molecule has 1 atom stereocenters. The van der Waals surface area contributed by atoms with Crippen molar-refractivity contribution in [2.24, 2.45) is 5.92 Å². The normalized spacial score (nSPS) is 21.4. The zero-order valence-electron chi connectivity index (χ0n) is 11.4. The maximum Gasteiger partial charge on any atom is 0.247 e. The second-order valence-corrected chi connectivity index (χ2v) is 6.90. The van der Waals surface area contributed by atoms with Crippen LogP contribution in [0.5, 0.6) is 0 Å². The number of rotatable bonds is 3. The summed E-state index contributed by atoms with van der Waals surface area (Å²) >= 11 is 9.44. The number of hydrogen-bond acceptors (Lipinski definition) is 2. The van der Waals surface area contributed by atoms with Crippen molar-refractivity contribution in [2.75, 3.05) is 11.9 Å². The molecule has 6 heteroatoms. The number of hydrogen-bond donors (Lipinski definition) is 1. The molecule has 0 aromatic heterocycles. The molecule has 4 nitrogen and oxygen atoms in total. The SMILES string of the molecule is O=C(Nc1ccc(Br)cc1Cl)C1CCCN1C(=O)C1CC1. The van der Waals surface area contributed by atoms with Crippen LogP contribution >= 0.6 is 27.5 Å². The highest BCUT2D eigenvalue weighted by molar-refractivity contribution is 9.10. The van der Waals surface area contributed by atoms with E-state index in [4.69, 9.17) is 11.6 Å². The fraction of sp³-hybridized carbons (Fsp3) is 0.467.